The van der Waals surface area contributed by atoms with Crippen molar-refractivity contribution in [2.75, 3.05) is 0 Å². The minimum atomic E-state index is -3.84. The number of halogens is 1. The van der Waals surface area contributed by atoms with Gasteiger partial charge in [-0.15, -0.1) is 5.10 Å². The Bertz CT molecular complexity index is 785. The molecule has 0 spiro atoms. The predicted octanol–water partition coefficient (Wildman–Crippen LogP) is 1.45. The lowest BCUT2D eigenvalue weighted by Crippen LogP contribution is -2.27. The Morgan fingerprint density at radius 1 is 1.26 bits per heavy atom. The Morgan fingerprint density at radius 2 is 1.91 bits per heavy atom. The van der Waals surface area contributed by atoms with Gasteiger partial charge in [0.1, 0.15) is 5.82 Å². The first kappa shape index (κ1) is 17.1. The highest BCUT2D eigenvalue weighted by molar-refractivity contribution is 7.90. The molecule has 9 heteroatoms. The van der Waals surface area contributed by atoms with E-state index in [-0.39, 0.29) is 30.0 Å². The second-order valence-corrected chi connectivity index (χ2v) is 7.09. The topological polar surface area (TPSA) is 102 Å². The molecule has 0 saturated carbocycles. The van der Waals surface area contributed by atoms with E-state index in [1.54, 1.807) is 13.8 Å². The van der Waals surface area contributed by atoms with Gasteiger partial charge in [-0.05, 0) is 17.7 Å². The zero-order valence-corrected chi connectivity index (χ0v) is 13.4. The third-order valence-corrected chi connectivity index (χ3v) is 4.33. The summed E-state index contributed by atoms with van der Waals surface area (Å²) < 4.78 is 42.2. The van der Waals surface area contributed by atoms with Crippen molar-refractivity contribution in [1.29, 1.82) is 0 Å². The standard InChI is InChI=1S/C14H16FN3O4S/c1-9(2)13(19)16-7-12-17-18-14(22-12)23(20,21)8-10-3-5-11(15)6-4-10/h3-6,9H,7-8H2,1-2H3,(H,16,19). The summed E-state index contributed by atoms with van der Waals surface area (Å²) in [5.74, 6) is -1.25. The van der Waals surface area contributed by atoms with Gasteiger partial charge in [-0.1, -0.05) is 31.1 Å². The van der Waals surface area contributed by atoms with E-state index in [1.807, 2.05) is 0 Å². The lowest BCUT2D eigenvalue weighted by Gasteiger charge is -2.04. The van der Waals surface area contributed by atoms with Gasteiger partial charge < -0.3 is 9.73 Å². The maximum absolute atomic E-state index is 12.8. The van der Waals surface area contributed by atoms with Crippen LogP contribution in [0.4, 0.5) is 4.39 Å². The summed E-state index contributed by atoms with van der Waals surface area (Å²) in [6, 6.07) is 5.08. The number of amides is 1. The molecule has 0 bridgehead atoms. The lowest BCUT2D eigenvalue weighted by atomic mass is 10.2. The first-order valence-corrected chi connectivity index (χ1v) is 8.50. The Labute approximate surface area is 132 Å². The lowest BCUT2D eigenvalue weighted by molar-refractivity contribution is -0.124. The Morgan fingerprint density at radius 3 is 2.52 bits per heavy atom. The van der Waals surface area contributed by atoms with Gasteiger partial charge in [0.15, 0.2) is 0 Å². The molecule has 2 aromatic rings. The molecule has 0 saturated heterocycles. The van der Waals surface area contributed by atoms with Crippen LogP contribution < -0.4 is 5.32 Å². The molecule has 7 nitrogen and oxygen atoms in total. The molecule has 1 aromatic heterocycles. The molecule has 0 atom stereocenters. The van der Waals surface area contributed by atoms with E-state index in [1.165, 1.54) is 24.3 Å². The van der Waals surface area contributed by atoms with Crippen LogP contribution in [0.1, 0.15) is 25.3 Å². The molecule has 1 N–H and O–H groups in total. The van der Waals surface area contributed by atoms with Crippen LogP contribution in [0.25, 0.3) is 0 Å². The van der Waals surface area contributed by atoms with E-state index in [0.717, 1.165) is 0 Å². The summed E-state index contributed by atoms with van der Waals surface area (Å²) in [4.78, 5) is 11.4. The molecule has 0 fully saturated rings. The fourth-order valence-corrected chi connectivity index (χ4v) is 2.81. The maximum atomic E-state index is 12.8. The number of sulfone groups is 1. The van der Waals surface area contributed by atoms with E-state index in [0.29, 0.717) is 5.56 Å². The van der Waals surface area contributed by atoms with Crippen molar-refractivity contribution >= 4 is 15.7 Å². The molecule has 23 heavy (non-hydrogen) atoms. The average Bonchev–Trinajstić information content (AvgIpc) is 2.96. The van der Waals surface area contributed by atoms with Gasteiger partial charge in [0, 0.05) is 5.92 Å². The monoisotopic (exact) mass is 341 g/mol. The summed E-state index contributed by atoms with van der Waals surface area (Å²) in [5, 5.41) is 9.11. The number of nitrogens with zero attached hydrogens (tertiary/aromatic N) is 2. The molecule has 0 radical (unpaired) electrons. The van der Waals surface area contributed by atoms with E-state index in [9.17, 15) is 17.6 Å². The van der Waals surface area contributed by atoms with Gasteiger partial charge in [0.25, 0.3) is 0 Å². The number of hydrogen-bond acceptors (Lipinski definition) is 6. The van der Waals surface area contributed by atoms with E-state index in [4.69, 9.17) is 4.42 Å². The highest BCUT2D eigenvalue weighted by Gasteiger charge is 2.23. The third kappa shape index (κ3) is 4.59. The normalized spacial score (nSPS) is 11.7. The molecule has 2 rings (SSSR count). The van der Waals surface area contributed by atoms with Gasteiger partial charge in [0.05, 0.1) is 12.3 Å². The molecule has 1 heterocycles. The van der Waals surface area contributed by atoms with Crippen LogP contribution in [0.15, 0.2) is 33.9 Å². The molecule has 0 aliphatic heterocycles. The Kier molecular flexibility index (Phi) is 5.09. The second-order valence-electron chi connectivity index (χ2n) is 5.22. The largest absolute Gasteiger partial charge is 0.411 e. The average molecular weight is 341 g/mol. The van der Waals surface area contributed by atoms with Crippen LogP contribution in [0.3, 0.4) is 0 Å². The molecule has 1 amide bonds. The maximum Gasteiger partial charge on any atom is 0.335 e. The quantitative estimate of drug-likeness (QED) is 0.853. The number of benzene rings is 1. The van der Waals surface area contributed by atoms with Crippen molar-refractivity contribution in [1.82, 2.24) is 15.5 Å². The van der Waals surface area contributed by atoms with E-state index in [2.05, 4.69) is 15.5 Å². The smallest absolute Gasteiger partial charge is 0.335 e. The molecular weight excluding hydrogens is 325 g/mol. The zero-order chi connectivity index (χ0) is 17.0. The molecule has 1 aromatic carbocycles. The summed E-state index contributed by atoms with van der Waals surface area (Å²) in [6.45, 7) is 3.40. The van der Waals surface area contributed by atoms with Crippen molar-refractivity contribution in [3.05, 3.63) is 41.5 Å². The first-order valence-electron chi connectivity index (χ1n) is 6.85. The van der Waals surface area contributed by atoms with Crippen molar-refractivity contribution in [3.8, 4) is 0 Å². The first-order chi connectivity index (χ1) is 10.8. The van der Waals surface area contributed by atoms with E-state index < -0.39 is 20.9 Å². The molecule has 0 unspecified atom stereocenters. The minimum absolute atomic E-state index is 0.00307. The number of carbonyl (C=O) groups excluding carboxylic acids is 1. The van der Waals surface area contributed by atoms with Gasteiger partial charge in [-0.2, -0.15) is 0 Å². The van der Waals surface area contributed by atoms with Crippen molar-refractivity contribution in [2.24, 2.45) is 5.92 Å². The SMILES string of the molecule is CC(C)C(=O)NCc1nnc(S(=O)(=O)Cc2ccc(F)cc2)o1. The number of nitrogens with one attached hydrogen (secondary N) is 1. The summed E-state index contributed by atoms with van der Waals surface area (Å²) >= 11 is 0. The van der Waals surface area contributed by atoms with Crippen LogP contribution in [0.5, 0.6) is 0 Å². The molecule has 0 aliphatic rings. The van der Waals surface area contributed by atoms with E-state index >= 15 is 0 Å². The molecule has 124 valence electrons. The van der Waals surface area contributed by atoms with Gasteiger partial charge in [-0.25, -0.2) is 12.8 Å². The van der Waals surface area contributed by atoms with Crippen molar-refractivity contribution in [2.45, 2.75) is 31.4 Å². The molecular formula is C14H16FN3O4S. The summed E-state index contributed by atoms with van der Waals surface area (Å²) in [6.07, 6.45) is 0. The van der Waals surface area contributed by atoms with Crippen LogP contribution in [0, 0.1) is 11.7 Å². The van der Waals surface area contributed by atoms with Gasteiger partial charge in [-0.3, -0.25) is 4.79 Å². The molecule has 0 aliphatic carbocycles. The zero-order valence-electron chi connectivity index (χ0n) is 12.6. The predicted molar refractivity (Wildman–Crippen MR) is 78.3 cm³/mol. The van der Waals surface area contributed by atoms with Crippen LogP contribution >= 0.6 is 0 Å². The summed E-state index contributed by atoms with van der Waals surface area (Å²) in [7, 11) is -3.84. The highest BCUT2D eigenvalue weighted by Crippen LogP contribution is 2.15. The van der Waals surface area contributed by atoms with Crippen molar-refractivity contribution < 1.29 is 22.0 Å². The minimum Gasteiger partial charge on any atom is -0.411 e. The van der Waals surface area contributed by atoms with Crippen LogP contribution in [0.2, 0.25) is 0 Å². The fraction of sp³-hybridized carbons (Fsp3) is 0.357. The Hall–Kier alpha value is -2.29. The van der Waals surface area contributed by atoms with Gasteiger partial charge >= 0.3 is 5.22 Å². The Balaban J connectivity index is 2.06. The number of carbonyl (C=O) groups is 1. The van der Waals surface area contributed by atoms with Crippen LogP contribution in [-0.2, 0) is 26.9 Å². The summed E-state index contributed by atoms with van der Waals surface area (Å²) in [5.41, 5.74) is 0.402. The van der Waals surface area contributed by atoms with Gasteiger partial charge in [0.2, 0.25) is 21.6 Å². The highest BCUT2D eigenvalue weighted by atomic mass is 32.2. The van der Waals surface area contributed by atoms with Crippen LogP contribution in [-0.4, -0.2) is 24.5 Å². The number of rotatable bonds is 6. The fourth-order valence-electron chi connectivity index (χ4n) is 1.66. The number of hydrogen-bond donors (Lipinski definition) is 1. The second kappa shape index (κ2) is 6.86. The van der Waals surface area contributed by atoms with Crippen molar-refractivity contribution in [3.63, 3.8) is 0 Å². The number of aromatic nitrogens is 2. The third-order valence-electron chi connectivity index (χ3n) is 2.92.